The molecule has 1 aromatic rings. The van der Waals surface area contributed by atoms with Gasteiger partial charge in [-0.3, -0.25) is 0 Å². The van der Waals surface area contributed by atoms with Gasteiger partial charge in [0.05, 0.1) is 0 Å². The van der Waals surface area contributed by atoms with Crippen LogP contribution in [0, 0.1) is 58.5 Å². The predicted molar refractivity (Wildman–Crippen MR) is 108 cm³/mol. The van der Waals surface area contributed by atoms with Crippen LogP contribution in [0.15, 0.2) is 24.3 Å². The van der Waals surface area contributed by atoms with Gasteiger partial charge < -0.3 is 0 Å². The van der Waals surface area contributed by atoms with Crippen molar-refractivity contribution in [3.8, 4) is 17.9 Å². The lowest BCUT2D eigenvalue weighted by Crippen LogP contribution is -2.25. The summed E-state index contributed by atoms with van der Waals surface area (Å²) in [6.07, 6.45) is 16.1. The SMILES string of the molecule is CCC1CCC(C2CCC(/C=C/C#Cc3cc(F)c(C#N)c(F)c3)CC2)CC1. The molecular formula is C25H29F2N. The number of allylic oxidation sites excluding steroid dienone is 2. The maximum absolute atomic E-state index is 13.6. The van der Waals surface area contributed by atoms with Gasteiger partial charge in [-0.1, -0.05) is 44.1 Å². The minimum absolute atomic E-state index is 0.255. The van der Waals surface area contributed by atoms with Gasteiger partial charge in [-0.25, -0.2) is 8.78 Å². The van der Waals surface area contributed by atoms with E-state index in [2.05, 4.69) is 24.8 Å². The Morgan fingerprint density at radius 3 is 2.07 bits per heavy atom. The van der Waals surface area contributed by atoms with Crippen LogP contribution in [0.2, 0.25) is 0 Å². The second-order valence-corrected chi connectivity index (χ2v) is 8.42. The van der Waals surface area contributed by atoms with Crippen LogP contribution in [0.5, 0.6) is 0 Å². The molecular weight excluding hydrogens is 352 g/mol. The maximum Gasteiger partial charge on any atom is 0.145 e. The van der Waals surface area contributed by atoms with Crippen molar-refractivity contribution in [3.05, 3.63) is 47.0 Å². The van der Waals surface area contributed by atoms with E-state index in [0.717, 1.165) is 29.9 Å². The molecule has 0 saturated heterocycles. The average molecular weight is 382 g/mol. The number of halogens is 2. The smallest absolute Gasteiger partial charge is 0.145 e. The van der Waals surface area contributed by atoms with Crippen LogP contribution in [0.25, 0.3) is 0 Å². The molecule has 2 aliphatic carbocycles. The van der Waals surface area contributed by atoms with Crippen molar-refractivity contribution in [2.45, 2.75) is 64.7 Å². The summed E-state index contributed by atoms with van der Waals surface area (Å²) < 4.78 is 27.2. The topological polar surface area (TPSA) is 23.8 Å². The van der Waals surface area contributed by atoms with Crippen LogP contribution in [0.3, 0.4) is 0 Å². The zero-order valence-electron chi connectivity index (χ0n) is 16.7. The van der Waals surface area contributed by atoms with E-state index in [1.807, 2.05) is 6.08 Å². The molecule has 0 aliphatic heterocycles. The van der Waals surface area contributed by atoms with Gasteiger partial charge in [0, 0.05) is 5.56 Å². The van der Waals surface area contributed by atoms with Crippen molar-refractivity contribution in [1.82, 2.24) is 0 Å². The second kappa shape index (κ2) is 9.88. The second-order valence-electron chi connectivity index (χ2n) is 8.42. The van der Waals surface area contributed by atoms with Crippen molar-refractivity contribution in [2.75, 3.05) is 0 Å². The first kappa shape index (κ1) is 20.6. The quantitative estimate of drug-likeness (QED) is 0.530. The lowest BCUT2D eigenvalue weighted by Gasteiger charge is -2.37. The van der Waals surface area contributed by atoms with E-state index in [9.17, 15) is 8.78 Å². The standard InChI is InChI=1S/C25H29F2N/c1-2-18-7-11-21(12-8-18)22-13-9-19(10-14-22)5-3-4-6-20-15-24(26)23(17-28)25(27)16-20/h3,5,15-16,18-19,21-22H,2,7-14H2,1H3/b5-3+. The summed E-state index contributed by atoms with van der Waals surface area (Å²) in [5, 5.41) is 8.70. The fourth-order valence-corrected chi connectivity index (χ4v) is 4.94. The average Bonchev–Trinajstić information content (AvgIpc) is 2.72. The molecule has 2 fully saturated rings. The zero-order chi connectivity index (χ0) is 19.9. The molecule has 3 rings (SSSR count). The Bertz CT molecular complexity index is 769. The van der Waals surface area contributed by atoms with Gasteiger partial charge in [-0.05, 0) is 80.4 Å². The molecule has 1 nitrogen and oxygen atoms in total. The van der Waals surface area contributed by atoms with Gasteiger partial charge in [0.2, 0.25) is 0 Å². The van der Waals surface area contributed by atoms with E-state index in [4.69, 9.17) is 5.26 Å². The molecule has 0 unspecified atom stereocenters. The first-order chi connectivity index (χ1) is 13.6. The van der Waals surface area contributed by atoms with Gasteiger partial charge in [-0.2, -0.15) is 5.26 Å². The number of benzene rings is 1. The van der Waals surface area contributed by atoms with Gasteiger partial charge in [0.15, 0.2) is 0 Å². The van der Waals surface area contributed by atoms with Gasteiger partial charge in [0.1, 0.15) is 23.3 Å². The zero-order valence-corrected chi connectivity index (χ0v) is 16.7. The molecule has 2 saturated carbocycles. The Balaban J connectivity index is 1.48. The predicted octanol–water partition coefficient (Wildman–Crippen LogP) is 6.77. The molecule has 28 heavy (non-hydrogen) atoms. The minimum atomic E-state index is -0.859. The van der Waals surface area contributed by atoms with Crippen LogP contribution in [0.1, 0.15) is 75.8 Å². The van der Waals surface area contributed by atoms with Crippen LogP contribution < -0.4 is 0 Å². The number of rotatable bonds is 3. The normalized spacial score (nSPS) is 27.8. The number of nitriles is 1. The van der Waals surface area contributed by atoms with Crippen LogP contribution in [-0.2, 0) is 0 Å². The largest absolute Gasteiger partial charge is 0.205 e. The Labute approximate surface area is 167 Å². The summed E-state index contributed by atoms with van der Waals surface area (Å²) in [6, 6.07) is 3.75. The monoisotopic (exact) mass is 381 g/mol. The highest BCUT2D eigenvalue weighted by atomic mass is 19.1. The molecule has 3 heteroatoms. The highest BCUT2D eigenvalue weighted by Gasteiger charge is 2.29. The van der Waals surface area contributed by atoms with Crippen molar-refractivity contribution < 1.29 is 8.78 Å². The van der Waals surface area contributed by atoms with Crippen LogP contribution >= 0.6 is 0 Å². The van der Waals surface area contributed by atoms with Crippen molar-refractivity contribution in [3.63, 3.8) is 0 Å². The summed E-state index contributed by atoms with van der Waals surface area (Å²) in [5.74, 6) is 7.29. The van der Waals surface area contributed by atoms with Crippen molar-refractivity contribution >= 4 is 0 Å². The Hall–Kier alpha value is -2.13. The number of hydrogen-bond donors (Lipinski definition) is 0. The highest BCUT2D eigenvalue weighted by molar-refractivity contribution is 5.43. The summed E-state index contributed by atoms with van der Waals surface area (Å²) >= 11 is 0. The molecule has 0 aromatic heterocycles. The lowest BCUT2D eigenvalue weighted by molar-refractivity contribution is 0.154. The van der Waals surface area contributed by atoms with E-state index in [1.54, 1.807) is 0 Å². The molecule has 0 amide bonds. The third-order valence-corrected chi connectivity index (χ3v) is 6.77. The van der Waals surface area contributed by atoms with Gasteiger partial charge in [-0.15, -0.1) is 0 Å². The molecule has 2 aliphatic rings. The molecule has 0 radical (unpaired) electrons. The fraction of sp³-hybridized carbons (Fsp3) is 0.560. The minimum Gasteiger partial charge on any atom is -0.205 e. The van der Waals surface area contributed by atoms with Crippen molar-refractivity contribution in [2.24, 2.45) is 23.7 Å². The first-order valence-electron chi connectivity index (χ1n) is 10.7. The Kier molecular flexibility index (Phi) is 7.27. The Morgan fingerprint density at radius 1 is 0.964 bits per heavy atom. The van der Waals surface area contributed by atoms with E-state index in [-0.39, 0.29) is 5.56 Å². The molecule has 0 N–H and O–H groups in total. The van der Waals surface area contributed by atoms with Crippen LogP contribution in [-0.4, -0.2) is 0 Å². The third kappa shape index (κ3) is 5.23. The lowest BCUT2D eigenvalue weighted by atomic mass is 9.69. The fourth-order valence-electron chi connectivity index (χ4n) is 4.94. The summed E-state index contributed by atoms with van der Waals surface area (Å²) in [4.78, 5) is 0. The summed E-state index contributed by atoms with van der Waals surface area (Å²) in [7, 11) is 0. The molecule has 0 atom stereocenters. The first-order valence-corrected chi connectivity index (χ1v) is 10.7. The highest BCUT2D eigenvalue weighted by Crippen LogP contribution is 2.42. The number of nitrogens with zero attached hydrogens (tertiary/aromatic N) is 1. The van der Waals surface area contributed by atoms with E-state index in [0.29, 0.717) is 5.92 Å². The number of hydrogen-bond acceptors (Lipinski definition) is 1. The molecule has 0 bridgehead atoms. The summed E-state index contributed by atoms with van der Waals surface area (Å²) in [5.41, 5.74) is -0.300. The van der Waals surface area contributed by atoms with E-state index < -0.39 is 17.2 Å². The Morgan fingerprint density at radius 2 is 1.54 bits per heavy atom. The van der Waals surface area contributed by atoms with Gasteiger partial charge in [0.25, 0.3) is 0 Å². The summed E-state index contributed by atoms with van der Waals surface area (Å²) in [6.45, 7) is 2.32. The molecule has 0 spiro atoms. The van der Waals surface area contributed by atoms with E-state index >= 15 is 0 Å². The van der Waals surface area contributed by atoms with Gasteiger partial charge >= 0.3 is 0 Å². The van der Waals surface area contributed by atoms with E-state index in [1.165, 1.54) is 63.9 Å². The maximum atomic E-state index is 13.6. The van der Waals surface area contributed by atoms with Crippen molar-refractivity contribution in [1.29, 1.82) is 5.26 Å². The van der Waals surface area contributed by atoms with Crippen LogP contribution in [0.4, 0.5) is 8.78 Å². The molecule has 148 valence electrons. The third-order valence-electron chi connectivity index (χ3n) is 6.77. The molecule has 1 aromatic carbocycles. The molecule has 0 heterocycles.